The zero-order valence-electron chi connectivity index (χ0n) is 11.4. The molecular weight excluding hydrogens is 278 g/mol. The van der Waals surface area contributed by atoms with Gasteiger partial charge in [0.15, 0.2) is 0 Å². The quantitative estimate of drug-likeness (QED) is 0.830. The molecule has 0 amide bonds. The van der Waals surface area contributed by atoms with Gasteiger partial charge in [0.25, 0.3) is 0 Å². The third kappa shape index (κ3) is 2.86. The minimum atomic E-state index is -3.55. The number of hydrogen-bond acceptors (Lipinski definition) is 4. The van der Waals surface area contributed by atoms with Crippen molar-refractivity contribution in [2.75, 3.05) is 6.54 Å². The van der Waals surface area contributed by atoms with Crippen LogP contribution in [-0.4, -0.2) is 31.3 Å². The van der Waals surface area contributed by atoms with Crippen LogP contribution in [0.4, 0.5) is 0 Å². The first-order chi connectivity index (χ1) is 9.46. The third-order valence-corrected chi connectivity index (χ3v) is 5.71. The van der Waals surface area contributed by atoms with Crippen LogP contribution in [-0.2, 0) is 10.0 Å². The highest BCUT2D eigenvalue weighted by Gasteiger charge is 2.32. The molecule has 0 aromatic heterocycles. The smallest absolute Gasteiger partial charge is 0.243 e. The molecule has 1 heterocycles. The summed E-state index contributed by atoms with van der Waals surface area (Å²) in [7, 11) is -3.55. The summed E-state index contributed by atoms with van der Waals surface area (Å²) in [6.07, 6.45) is 3.59. The van der Waals surface area contributed by atoms with Crippen LogP contribution in [0.3, 0.4) is 0 Å². The van der Waals surface area contributed by atoms with E-state index in [0.717, 1.165) is 25.7 Å². The lowest BCUT2D eigenvalue weighted by Crippen LogP contribution is -2.43. The molecular formula is C14H18NO4S-. The van der Waals surface area contributed by atoms with Gasteiger partial charge in [-0.25, -0.2) is 8.42 Å². The third-order valence-electron chi connectivity index (χ3n) is 3.74. The maximum absolute atomic E-state index is 12.6. The van der Waals surface area contributed by atoms with E-state index in [-0.39, 0.29) is 16.5 Å². The Kier molecular flexibility index (Phi) is 4.45. The summed E-state index contributed by atoms with van der Waals surface area (Å²) in [4.78, 5) is 10.8. The van der Waals surface area contributed by atoms with Crippen LogP contribution in [0.5, 0.6) is 0 Å². The van der Waals surface area contributed by atoms with E-state index in [1.54, 1.807) is 4.31 Å². The number of carbonyl (C=O) groups is 1. The molecule has 1 atom stereocenters. The number of carboxylic acids is 1. The zero-order valence-corrected chi connectivity index (χ0v) is 12.2. The molecule has 0 saturated carbocycles. The molecule has 0 spiro atoms. The number of nitrogens with zero attached hydrogens (tertiary/aromatic N) is 1. The van der Waals surface area contributed by atoms with Gasteiger partial charge in [0.05, 0.1) is 10.9 Å². The lowest BCUT2D eigenvalue weighted by molar-refractivity contribution is -0.255. The Labute approximate surface area is 119 Å². The summed E-state index contributed by atoms with van der Waals surface area (Å²) in [6, 6.07) is 5.25. The van der Waals surface area contributed by atoms with E-state index in [1.165, 1.54) is 24.3 Å². The van der Waals surface area contributed by atoms with Gasteiger partial charge in [0, 0.05) is 12.6 Å². The molecule has 20 heavy (non-hydrogen) atoms. The van der Waals surface area contributed by atoms with Gasteiger partial charge in [-0.15, -0.1) is 0 Å². The van der Waals surface area contributed by atoms with Gasteiger partial charge >= 0.3 is 0 Å². The predicted molar refractivity (Wildman–Crippen MR) is 72.6 cm³/mol. The summed E-state index contributed by atoms with van der Waals surface area (Å²) >= 11 is 0. The Morgan fingerprint density at radius 3 is 2.50 bits per heavy atom. The summed E-state index contributed by atoms with van der Waals surface area (Å²) in [5.41, 5.74) is -0.0189. The van der Waals surface area contributed by atoms with Gasteiger partial charge in [-0.05, 0) is 37.0 Å². The lowest BCUT2D eigenvalue weighted by atomic mass is 10.0. The Balaban J connectivity index is 2.31. The Bertz CT molecular complexity index is 580. The molecule has 1 aromatic carbocycles. The molecule has 1 aliphatic heterocycles. The molecule has 5 nitrogen and oxygen atoms in total. The van der Waals surface area contributed by atoms with E-state index in [1.807, 2.05) is 6.92 Å². The van der Waals surface area contributed by atoms with Gasteiger partial charge in [0.2, 0.25) is 10.0 Å². The largest absolute Gasteiger partial charge is 0.545 e. The fourth-order valence-corrected chi connectivity index (χ4v) is 4.36. The van der Waals surface area contributed by atoms with E-state index >= 15 is 0 Å². The van der Waals surface area contributed by atoms with Crippen LogP contribution in [0.15, 0.2) is 29.2 Å². The van der Waals surface area contributed by atoms with Gasteiger partial charge in [-0.2, -0.15) is 4.31 Å². The van der Waals surface area contributed by atoms with Crippen molar-refractivity contribution in [3.63, 3.8) is 0 Å². The lowest BCUT2D eigenvalue weighted by Gasteiger charge is -2.34. The maximum atomic E-state index is 12.6. The highest BCUT2D eigenvalue weighted by atomic mass is 32.2. The molecule has 0 N–H and O–H groups in total. The number of carboxylic acid groups (broad SMARTS) is 1. The SMILES string of the molecule is CC[C@@H]1CCCCN1S(=O)(=O)c1ccc(C(=O)[O-])cc1. The molecule has 1 aliphatic rings. The fraction of sp³-hybridized carbons (Fsp3) is 0.500. The topological polar surface area (TPSA) is 77.5 Å². The second-order valence-electron chi connectivity index (χ2n) is 4.99. The summed E-state index contributed by atoms with van der Waals surface area (Å²) < 4.78 is 26.7. The number of aromatic carboxylic acids is 1. The Morgan fingerprint density at radius 1 is 1.30 bits per heavy atom. The maximum Gasteiger partial charge on any atom is 0.243 e. The molecule has 0 bridgehead atoms. The van der Waals surface area contributed by atoms with Crippen LogP contribution in [0.25, 0.3) is 0 Å². The van der Waals surface area contributed by atoms with Gasteiger partial charge in [0.1, 0.15) is 0 Å². The highest BCUT2D eigenvalue weighted by Crippen LogP contribution is 2.26. The number of carbonyl (C=O) groups excluding carboxylic acids is 1. The first-order valence-corrected chi connectivity index (χ1v) is 8.24. The molecule has 6 heteroatoms. The van der Waals surface area contributed by atoms with Crippen molar-refractivity contribution in [2.24, 2.45) is 0 Å². The summed E-state index contributed by atoms with van der Waals surface area (Å²) in [5, 5.41) is 10.7. The fourth-order valence-electron chi connectivity index (χ4n) is 2.60. The number of hydrogen-bond donors (Lipinski definition) is 0. The molecule has 1 aromatic rings. The molecule has 2 rings (SSSR count). The molecule has 0 aliphatic carbocycles. The summed E-state index contributed by atoms with van der Waals surface area (Å²) in [5.74, 6) is -1.31. The average molecular weight is 296 g/mol. The second kappa shape index (κ2) is 5.93. The molecule has 0 radical (unpaired) electrons. The van der Waals surface area contributed by atoms with Gasteiger partial charge in [-0.1, -0.05) is 25.5 Å². The zero-order chi connectivity index (χ0) is 14.8. The molecule has 1 fully saturated rings. The van der Waals surface area contributed by atoms with Crippen molar-refractivity contribution in [3.05, 3.63) is 29.8 Å². The van der Waals surface area contributed by atoms with Crippen LogP contribution in [0, 0.1) is 0 Å². The number of rotatable bonds is 4. The predicted octanol–water partition coefficient (Wildman–Crippen LogP) is 1.00. The van der Waals surface area contributed by atoms with Crippen LogP contribution < -0.4 is 5.11 Å². The second-order valence-corrected chi connectivity index (χ2v) is 6.88. The van der Waals surface area contributed by atoms with E-state index in [0.29, 0.717) is 6.54 Å². The van der Waals surface area contributed by atoms with Crippen LogP contribution in [0.2, 0.25) is 0 Å². The average Bonchev–Trinajstić information content (AvgIpc) is 2.47. The highest BCUT2D eigenvalue weighted by molar-refractivity contribution is 7.89. The van der Waals surface area contributed by atoms with E-state index in [4.69, 9.17) is 0 Å². The van der Waals surface area contributed by atoms with Crippen molar-refractivity contribution >= 4 is 16.0 Å². The number of benzene rings is 1. The Morgan fingerprint density at radius 2 is 1.95 bits per heavy atom. The van der Waals surface area contributed by atoms with Crippen molar-refractivity contribution in [1.29, 1.82) is 0 Å². The number of sulfonamides is 1. The van der Waals surface area contributed by atoms with Crippen molar-refractivity contribution in [2.45, 2.75) is 43.5 Å². The molecule has 110 valence electrons. The van der Waals surface area contributed by atoms with Crippen LogP contribution >= 0.6 is 0 Å². The first kappa shape index (κ1) is 15.0. The van der Waals surface area contributed by atoms with E-state index < -0.39 is 16.0 Å². The Hall–Kier alpha value is -1.40. The number of piperidine rings is 1. The van der Waals surface area contributed by atoms with Crippen molar-refractivity contribution < 1.29 is 18.3 Å². The normalized spacial score (nSPS) is 20.8. The van der Waals surface area contributed by atoms with E-state index in [2.05, 4.69) is 0 Å². The summed E-state index contributed by atoms with van der Waals surface area (Å²) in [6.45, 7) is 2.51. The van der Waals surface area contributed by atoms with Gasteiger partial charge in [-0.3, -0.25) is 0 Å². The molecule has 0 unspecified atom stereocenters. The monoisotopic (exact) mass is 296 g/mol. The van der Waals surface area contributed by atoms with Crippen molar-refractivity contribution in [3.8, 4) is 0 Å². The van der Waals surface area contributed by atoms with Crippen molar-refractivity contribution in [1.82, 2.24) is 4.31 Å². The van der Waals surface area contributed by atoms with Gasteiger partial charge < -0.3 is 9.90 Å². The first-order valence-electron chi connectivity index (χ1n) is 6.80. The minimum absolute atomic E-state index is 0.0189. The minimum Gasteiger partial charge on any atom is -0.545 e. The van der Waals surface area contributed by atoms with Crippen LogP contribution in [0.1, 0.15) is 43.0 Å². The standard InChI is InChI=1S/C14H19NO4S/c1-2-12-5-3-4-10-15(12)20(18,19)13-8-6-11(7-9-13)14(16)17/h6-9,12H,2-5,10H2,1H3,(H,16,17)/p-1/t12-/m1/s1. The molecule has 1 saturated heterocycles. The van der Waals surface area contributed by atoms with E-state index in [9.17, 15) is 18.3 Å².